The number of sulfonamides is 1. The molecule has 0 aliphatic heterocycles. The van der Waals surface area contributed by atoms with Gasteiger partial charge in [0.05, 0.1) is 4.34 Å². The molecule has 1 aromatic heterocycles. The average molecular weight is 298 g/mol. The molecule has 6 nitrogen and oxygen atoms in total. The molecule has 9 heteroatoms. The molecule has 96 valence electrons. The van der Waals surface area contributed by atoms with E-state index in [9.17, 15) is 8.42 Å². The minimum Gasteiger partial charge on any atom is -0.409 e. The number of nitrogens with zero attached hydrogens (tertiary/aromatic N) is 1. The largest absolute Gasteiger partial charge is 0.409 e. The molecule has 0 saturated heterocycles. The molecule has 0 saturated carbocycles. The van der Waals surface area contributed by atoms with Crippen molar-refractivity contribution >= 4 is 38.8 Å². The van der Waals surface area contributed by atoms with E-state index in [4.69, 9.17) is 22.5 Å². The normalized spacial score (nSPS) is 14.8. The van der Waals surface area contributed by atoms with E-state index in [0.717, 1.165) is 11.3 Å². The molecule has 1 rings (SSSR count). The summed E-state index contributed by atoms with van der Waals surface area (Å²) in [6.07, 6.45) is 0. The Morgan fingerprint density at radius 3 is 2.82 bits per heavy atom. The molecule has 0 spiro atoms. The number of hydrogen-bond acceptors (Lipinski definition) is 5. The molecule has 0 radical (unpaired) electrons. The summed E-state index contributed by atoms with van der Waals surface area (Å²) < 4.78 is 26.4. The van der Waals surface area contributed by atoms with Crippen LogP contribution in [0, 0.1) is 5.92 Å². The molecule has 4 N–H and O–H groups in total. The van der Waals surface area contributed by atoms with Gasteiger partial charge >= 0.3 is 0 Å². The third kappa shape index (κ3) is 3.84. The molecular weight excluding hydrogens is 286 g/mol. The zero-order valence-electron chi connectivity index (χ0n) is 8.92. The van der Waals surface area contributed by atoms with Crippen LogP contribution in [0.25, 0.3) is 0 Å². The van der Waals surface area contributed by atoms with E-state index >= 15 is 0 Å². The first-order chi connectivity index (χ1) is 7.86. The minimum atomic E-state index is -3.58. The van der Waals surface area contributed by atoms with E-state index in [1.807, 2.05) is 0 Å². The molecule has 1 atom stereocenters. The highest BCUT2D eigenvalue weighted by Gasteiger charge is 2.18. The van der Waals surface area contributed by atoms with Crippen LogP contribution in [0.15, 0.2) is 21.5 Å². The Morgan fingerprint density at radius 2 is 2.35 bits per heavy atom. The minimum absolute atomic E-state index is 0.0306. The number of oxime groups is 1. The lowest BCUT2D eigenvalue weighted by molar-refractivity contribution is 0.314. The van der Waals surface area contributed by atoms with Crippen LogP contribution in [-0.4, -0.2) is 26.0 Å². The van der Waals surface area contributed by atoms with Crippen molar-refractivity contribution in [1.82, 2.24) is 4.72 Å². The summed E-state index contributed by atoms with van der Waals surface area (Å²) in [6, 6.07) is 2.93. The summed E-state index contributed by atoms with van der Waals surface area (Å²) in [6.45, 7) is 1.69. The van der Waals surface area contributed by atoms with Crippen molar-refractivity contribution < 1.29 is 13.6 Å². The number of halogens is 1. The number of nitrogens with one attached hydrogen (secondary N) is 1. The predicted octanol–water partition coefficient (Wildman–Crippen LogP) is 1.06. The Balaban J connectivity index is 2.69. The Hall–Kier alpha value is -0.830. The van der Waals surface area contributed by atoms with Gasteiger partial charge in [-0.05, 0) is 12.1 Å². The number of nitrogens with two attached hydrogens (primary N) is 1. The molecule has 0 bridgehead atoms. The van der Waals surface area contributed by atoms with Gasteiger partial charge in [0, 0.05) is 12.5 Å². The monoisotopic (exact) mass is 297 g/mol. The molecule has 0 aliphatic rings. The maximum Gasteiger partial charge on any atom is 0.250 e. The molecule has 17 heavy (non-hydrogen) atoms. The molecule has 1 unspecified atom stereocenters. The van der Waals surface area contributed by atoms with E-state index in [2.05, 4.69) is 9.88 Å². The summed E-state index contributed by atoms with van der Waals surface area (Å²) in [5.74, 6) is -0.429. The summed E-state index contributed by atoms with van der Waals surface area (Å²) in [5, 5.41) is 11.2. The highest BCUT2D eigenvalue weighted by Crippen LogP contribution is 2.25. The van der Waals surface area contributed by atoms with Crippen molar-refractivity contribution in [2.24, 2.45) is 16.8 Å². The fourth-order valence-corrected chi connectivity index (χ4v) is 3.61. The molecule has 0 aromatic carbocycles. The maximum absolute atomic E-state index is 11.8. The lowest BCUT2D eigenvalue weighted by atomic mass is 10.2. The first-order valence-electron chi connectivity index (χ1n) is 4.59. The third-order valence-corrected chi connectivity index (χ3v) is 5.16. The van der Waals surface area contributed by atoms with Crippen LogP contribution < -0.4 is 10.5 Å². The van der Waals surface area contributed by atoms with Gasteiger partial charge < -0.3 is 10.9 Å². The number of thiophene rings is 1. The van der Waals surface area contributed by atoms with Gasteiger partial charge in [0.15, 0.2) is 0 Å². The van der Waals surface area contributed by atoms with E-state index in [-0.39, 0.29) is 16.6 Å². The van der Waals surface area contributed by atoms with Crippen molar-refractivity contribution in [2.45, 2.75) is 11.1 Å². The van der Waals surface area contributed by atoms with Gasteiger partial charge in [-0.15, -0.1) is 11.3 Å². The summed E-state index contributed by atoms with van der Waals surface area (Å²) in [4.78, 5) is 0. The molecule has 1 aromatic rings. The predicted molar refractivity (Wildman–Crippen MR) is 67.1 cm³/mol. The smallest absolute Gasteiger partial charge is 0.250 e. The Labute approximate surface area is 108 Å². The fourth-order valence-electron chi connectivity index (χ4n) is 0.951. The van der Waals surface area contributed by atoms with Crippen LogP contribution in [0.3, 0.4) is 0 Å². The van der Waals surface area contributed by atoms with E-state index in [1.54, 1.807) is 6.92 Å². The first kappa shape index (κ1) is 14.2. The van der Waals surface area contributed by atoms with Crippen LogP contribution >= 0.6 is 22.9 Å². The lowest BCUT2D eigenvalue weighted by Gasteiger charge is -2.10. The Morgan fingerprint density at radius 1 is 1.71 bits per heavy atom. The lowest BCUT2D eigenvalue weighted by Crippen LogP contribution is -2.34. The van der Waals surface area contributed by atoms with Gasteiger partial charge in [-0.2, -0.15) is 0 Å². The third-order valence-electron chi connectivity index (χ3n) is 2.01. The second kappa shape index (κ2) is 5.67. The van der Waals surface area contributed by atoms with Crippen molar-refractivity contribution in [3.05, 3.63) is 16.5 Å². The second-order valence-corrected chi connectivity index (χ2v) is 7.05. The molecule has 0 amide bonds. The zero-order valence-corrected chi connectivity index (χ0v) is 11.3. The van der Waals surface area contributed by atoms with Crippen LogP contribution in [0.1, 0.15) is 6.92 Å². The number of amidine groups is 1. The number of rotatable bonds is 5. The summed E-state index contributed by atoms with van der Waals surface area (Å²) >= 11 is 6.62. The zero-order chi connectivity index (χ0) is 13.1. The van der Waals surface area contributed by atoms with Crippen molar-refractivity contribution in [3.8, 4) is 0 Å². The SMILES string of the molecule is CC(CNS(=O)(=O)c1ccc(Cl)s1)C(N)=NO. The van der Waals surface area contributed by atoms with Gasteiger partial charge in [0.1, 0.15) is 10.0 Å². The fraction of sp³-hybridized carbons (Fsp3) is 0.375. The van der Waals surface area contributed by atoms with E-state index < -0.39 is 15.9 Å². The van der Waals surface area contributed by atoms with Crippen LogP contribution in [0.4, 0.5) is 0 Å². The van der Waals surface area contributed by atoms with Gasteiger partial charge in [-0.3, -0.25) is 0 Å². The topological polar surface area (TPSA) is 105 Å². The molecule has 0 fully saturated rings. The van der Waals surface area contributed by atoms with Crippen LogP contribution in [0.5, 0.6) is 0 Å². The Bertz CT molecular complexity index is 512. The van der Waals surface area contributed by atoms with Crippen molar-refractivity contribution in [3.63, 3.8) is 0 Å². The first-order valence-corrected chi connectivity index (χ1v) is 7.27. The second-order valence-electron chi connectivity index (χ2n) is 3.34. The highest BCUT2D eigenvalue weighted by molar-refractivity contribution is 7.91. The van der Waals surface area contributed by atoms with Gasteiger partial charge in [-0.25, -0.2) is 13.1 Å². The maximum atomic E-state index is 11.8. The molecule has 0 aliphatic carbocycles. The Kier molecular flexibility index (Phi) is 4.75. The van der Waals surface area contributed by atoms with Gasteiger partial charge in [0.25, 0.3) is 0 Å². The van der Waals surface area contributed by atoms with E-state index in [1.165, 1.54) is 12.1 Å². The van der Waals surface area contributed by atoms with E-state index in [0.29, 0.717) is 4.34 Å². The quantitative estimate of drug-likeness (QED) is 0.327. The standard InChI is InChI=1S/C8H12ClN3O3S2/c1-5(8(10)12-13)4-11-17(14,15)7-3-2-6(9)16-7/h2-3,5,11,13H,4H2,1H3,(H2,10,12). The van der Waals surface area contributed by atoms with Crippen molar-refractivity contribution in [2.75, 3.05) is 6.54 Å². The molecule has 1 heterocycles. The molecular formula is C8H12ClN3O3S2. The van der Waals surface area contributed by atoms with Gasteiger partial charge in [0.2, 0.25) is 10.0 Å². The van der Waals surface area contributed by atoms with Crippen LogP contribution in [-0.2, 0) is 10.0 Å². The number of hydrogen-bond donors (Lipinski definition) is 3. The van der Waals surface area contributed by atoms with Crippen LogP contribution in [0.2, 0.25) is 4.34 Å². The van der Waals surface area contributed by atoms with Gasteiger partial charge in [-0.1, -0.05) is 23.7 Å². The highest BCUT2D eigenvalue weighted by atomic mass is 35.5. The summed E-state index contributed by atoms with van der Waals surface area (Å²) in [5.41, 5.74) is 5.34. The summed E-state index contributed by atoms with van der Waals surface area (Å²) in [7, 11) is -3.58. The average Bonchev–Trinajstić information content (AvgIpc) is 2.72. The van der Waals surface area contributed by atoms with Crippen molar-refractivity contribution in [1.29, 1.82) is 0 Å².